The third kappa shape index (κ3) is 4.36. The standard InChI is InChI=1S/C19H19N5S/c1-13-4-5-17(15-6-9-21-10-7-15)24-19(13)25-14(2)23-18-12-16(20-3)8-11-22-18/h4-12H,2H2,1,3H3,(H2,20,22,23). The van der Waals surface area contributed by atoms with Crippen molar-refractivity contribution in [3.63, 3.8) is 0 Å². The van der Waals surface area contributed by atoms with E-state index in [0.717, 1.165) is 38.4 Å². The fraction of sp³-hybridized carbons (Fsp3) is 0.105. The van der Waals surface area contributed by atoms with Gasteiger partial charge >= 0.3 is 0 Å². The molecule has 0 aliphatic heterocycles. The predicted molar refractivity (Wildman–Crippen MR) is 105 cm³/mol. The number of nitrogens with zero attached hydrogens (tertiary/aromatic N) is 3. The Balaban J connectivity index is 1.76. The Kier molecular flexibility index (Phi) is 5.30. The zero-order chi connectivity index (χ0) is 17.6. The van der Waals surface area contributed by atoms with Gasteiger partial charge in [-0.25, -0.2) is 9.97 Å². The van der Waals surface area contributed by atoms with Gasteiger partial charge in [-0.3, -0.25) is 4.98 Å². The molecule has 0 unspecified atom stereocenters. The van der Waals surface area contributed by atoms with Crippen molar-refractivity contribution in [1.29, 1.82) is 0 Å². The number of nitrogens with one attached hydrogen (secondary N) is 2. The van der Waals surface area contributed by atoms with Crippen LogP contribution in [0.15, 0.2) is 71.6 Å². The minimum atomic E-state index is 0.743. The number of aromatic nitrogens is 3. The number of hydrogen-bond donors (Lipinski definition) is 2. The summed E-state index contributed by atoms with van der Waals surface area (Å²) in [6.45, 7) is 6.13. The molecule has 0 bridgehead atoms. The molecule has 0 aliphatic carbocycles. The van der Waals surface area contributed by atoms with Crippen LogP contribution in [-0.4, -0.2) is 22.0 Å². The van der Waals surface area contributed by atoms with E-state index in [4.69, 9.17) is 4.98 Å². The second kappa shape index (κ2) is 7.81. The molecular formula is C19H19N5S. The second-order valence-electron chi connectivity index (χ2n) is 5.38. The van der Waals surface area contributed by atoms with Crippen LogP contribution in [0.2, 0.25) is 0 Å². The summed E-state index contributed by atoms with van der Waals surface area (Å²) in [7, 11) is 1.88. The van der Waals surface area contributed by atoms with E-state index in [2.05, 4.69) is 33.2 Å². The molecule has 0 aromatic carbocycles. The van der Waals surface area contributed by atoms with E-state index in [1.807, 2.05) is 44.3 Å². The quantitative estimate of drug-likeness (QED) is 0.636. The third-order valence-electron chi connectivity index (χ3n) is 3.56. The van der Waals surface area contributed by atoms with Crippen molar-refractivity contribution in [2.75, 3.05) is 17.7 Å². The highest BCUT2D eigenvalue weighted by Crippen LogP contribution is 2.30. The molecule has 3 heterocycles. The molecule has 0 saturated carbocycles. The van der Waals surface area contributed by atoms with Crippen LogP contribution in [0.25, 0.3) is 11.3 Å². The van der Waals surface area contributed by atoms with Crippen molar-refractivity contribution < 1.29 is 0 Å². The average molecular weight is 349 g/mol. The molecule has 0 saturated heterocycles. The summed E-state index contributed by atoms with van der Waals surface area (Å²) in [5.41, 5.74) is 4.05. The molecule has 25 heavy (non-hydrogen) atoms. The van der Waals surface area contributed by atoms with Gasteiger partial charge in [-0.05, 0) is 36.8 Å². The summed E-state index contributed by atoms with van der Waals surface area (Å²) < 4.78 is 0. The van der Waals surface area contributed by atoms with Crippen LogP contribution in [0.4, 0.5) is 11.5 Å². The van der Waals surface area contributed by atoms with Crippen LogP contribution in [0.1, 0.15) is 5.56 Å². The van der Waals surface area contributed by atoms with E-state index >= 15 is 0 Å². The van der Waals surface area contributed by atoms with Gasteiger partial charge in [0.05, 0.1) is 10.7 Å². The van der Waals surface area contributed by atoms with E-state index < -0.39 is 0 Å². The molecule has 3 aromatic heterocycles. The first-order chi connectivity index (χ1) is 12.2. The maximum absolute atomic E-state index is 4.76. The number of aryl methyl sites for hydroxylation is 1. The van der Waals surface area contributed by atoms with Gasteiger partial charge in [-0.1, -0.05) is 24.4 Å². The normalized spacial score (nSPS) is 10.3. The Morgan fingerprint density at radius 1 is 1.08 bits per heavy atom. The highest BCUT2D eigenvalue weighted by atomic mass is 32.2. The second-order valence-corrected chi connectivity index (χ2v) is 6.47. The largest absolute Gasteiger partial charge is 0.388 e. The van der Waals surface area contributed by atoms with E-state index in [0.29, 0.717) is 0 Å². The molecular weight excluding hydrogens is 330 g/mol. The fourth-order valence-corrected chi connectivity index (χ4v) is 3.00. The lowest BCUT2D eigenvalue weighted by Gasteiger charge is -2.11. The molecule has 126 valence electrons. The van der Waals surface area contributed by atoms with Gasteiger partial charge < -0.3 is 10.6 Å². The molecule has 0 aliphatic rings. The first-order valence-corrected chi connectivity index (χ1v) is 8.63. The number of thioether (sulfide) groups is 1. The maximum Gasteiger partial charge on any atom is 0.132 e. The van der Waals surface area contributed by atoms with Crippen LogP contribution in [0, 0.1) is 6.92 Å². The lowest BCUT2D eigenvalue weighted by atomic mass is 10.1. The van der Waals surface area contributed by atoms with Gasteiger partial charge in [0.25, 0.3) is 0 Å². The van der Waals surface area contributed by atoms with Crippen molar-refractivity contribution in [2.24, 2.45) is 0 Å². The highest BCUT2D eigenvalue weighted by molar-refractivity contribution is 8.03. The lowest BCUT2D eigenvalue weighted by molar-refractivity contribution is 1.09. The predicted octanol–water partition coefficient (Wildman–Crippen LogP) is 4.56. The van der Waals surface area contributed by atoms with E-state index in [1.165, 1.54) is 11.8 Å². The van der Waals surface area contributed by atoms with Crippen molar-refractivity contribution in [3.05, 3.63) is 72.2 Å². The van der Waals surface area contributed by atoms with Crippen molar-refractivity contribution >= 4 is 23.3 Å². The molecule has 6 heteroatoms. The lowest BCUT2D eigenvalue weighted by Crippen LogP contribution is -1.99. The Morgan fingerprint density at radius 2 is 1.88 bits per heavy atom. The van der Waals surface area contributed by atoms with Crippen LogP contribution in [0.5, 0.6) is 0 Å². The number of hydrogen-bond acceptors (Lipinski definition) is 6. The highest BCUT2D eigenvalue weighted by Gasteiger charge is 2.08. The van der Waals surface area contributed by atoms with Gasteiger partial charge in [0.1, 0.15) is 10.8 Å². The SMILES string of the molecule is C=C(Nc1cc(NC)ccn1)Sc1nc(-c2ccncc2)ccc1C. The maximum atomic E-state index is 4.76. The summed E-state index contributed by atoms with van der Waals surface area (Å²) in [5.74, 6) is 0.743. The summed E-state index contributed by atoms with van der Waals surface area (Å²) in [5, 5.41) is 7.99. The Bertz CT molecular complexity index is 880. The van der Waals surface area contributed by atoms with Crippen molar-refractivity contribution in [1.82, 2.24) is 15.0 Å². The Labute approximate surface area is 151 Å². The van der Waals surface area contributed by atoms with Crippen molar-refractivity contribution in [2.45, 2.75) is 11.9 Å². The molecule has 0 amide bonds. The fourth-order valence-electron chi connectivity index (χ4n) is 2.24. The third-order valence-corrected chi connectivity index (χ3v) is 4.52. The van der Waals surface area contributed by atoms with Crippen LogP contribution in [-0.2, 0) is 0 Å². The van der Waals surface area contributed by atoms with Crippen LogP contribution >= 0.6 is 11.8 Å². The van der Waals surface area contributed by atoms with Gasteiger partial charge in [0.2, 0.25) is 0 Å². The summed E-state index contributed by atoms with van der Waals surface area (Å²) in [4.78, 5) is 13.1. The van der Waals surface area contributed by atoms with Gasteiger partial charge in [-0.2, -0.15) is 0 Å². The van der Waals surface area contributed by atoms with Gasteiger partial charge in [-0.15, -0.1) is 0 Å². The summed E-state index contributed by atoms with van der Waals surface area (Å²) in [6, 6.07) is 11.8. The van der Waals surface area contributed by atoms with Gasteiger partial charge in [0, 0.05) is 43.0 Å². The molecule has 0 radical (unpaired) electrons. The van der Waals surface area contributed by atoms with E-state index in [-0.39, 0.29) is 0 Å². The van der Waals surface area contributed by atoms with Gasteiger partial charge in [0.15, 0.2) is 0 Å². The average Bonchev–Trinajstić information content (AvgIpc) is 2.64. The topological polar surface area (TPSA) is 62.7 Å². The number of pyridine rings is 3. The Hall–Kier alpha value is -2.86. The summed E-state index contributed by atoms with van der Waals surface area (Å²) in [6.07, 6.45) is 5.29. The first-order valence-electron chi connectivity index (χ1n) is 7.81. The zero-order valence-electron chi connectivity index (χ0n) is 14.2. The molecule has 0 atom stereocenters. The number of anilines is 2. The van der Waals surface area contributed by atoms with Crippen molar-refractivity contribution in [3.8, 4) is 11.3 Å². The number of rotatable bonds is 6. The Morgan fingerprint density at radius 3 is 2.64 bits per heavy atom. The first kappa shape index (κ1) is 17.0. The van der Waals surface area contributed by atoms with Crippen LogP contribution in [0.3, 0.4) is 0 Å². The molecule has 0 spiro atoms. The minimum absolute atomic E-state index is 0.743. The molecule has 0 fully saturated rings. The molecule has 2 N–H and O–H groups in total. The minimum Gasteiger partial charge on any atom is -0.388 e. The zero-order valence-corrected chi connectivity index (χ0v) is 15.0. The molecule has 3 rings (SSSR count). The smallest absolute Gasteiger partial charge is 0.132 e. The molecule has 3 aromatic rings. The van der Waals surface area contributed by atoms with E-state index in [9.17, 15) is 0 Å². The van der Waals surface area contributed by atoms with E-state index in [1.54, 1.807) is 18.6 Å². The monoisotopic (exact) mass is 349 g/mol. The molecule has 5 nitrogen and oxygen atoms in total. The summed E-state index contributed by atoms with van der Waals surface area (Å²) >= 11 is 1.49. The van der Waals surface area contributed by atoms with Crippen LogP contribution < -0.4 is 10.6 Å².